The largest absolute Gasteiger partial charge is 0.481 e. The van der Waals surface area contributed by atoms with Crippen molar-refractivity contribution in [2.45, 2.75) is 70.4 Å². The van der Waals surface area contributed by atoms with E-state index in [1.807, 2.05) is 0 Å². The van der Waals surface area contributed by atoms with Gasteiger partial charge in [-0.3, -0.25) is 4.79 Å². The van der Waals surface area contributed by atoms with Gasteiger partial charge in [0, 0.05) is 12.1 Å². The molecule has 2 amide bonds. The molecule has 114 valence electrons. The molecule has 0 aliphatic heterocycles. The lowest BCUT2D eigenvalue weighted by atomic mass is 9.83. The third kappa shape index (κ3) is 4.39. The molecule has 0 radical (unpaired) electrons. The van der Waals surface area contributed by atoms with Gasteiger partial charge < -0.3 is 15.7 Å². The smallest absolute Gasteiger partial charge is 0.315 e. The summed E-state index contributed by atoms with van der Waals surface area (Å²) >= 11 is 0. The molecule has 0 bridgehead atoms. The average Bonchev–Trinajstić information content (AvgIpc) is 3.22. The Balaban J connectivity index is 1.82. The van der Waals surface area contributed by atoms with E-state index in [2.05, 4.69) is 17.6 Å². The van der Waals surface area contributed by atoms with Crippen LogP contribution in [0.25, 0.3) is 0 Å². The van der Waals surface area contributed by atoms with E-state index >= 15 is 0 Å². The summed E-state index contributed by atoms with van der Waals surface area (Å²) in [6.45, 7) is 2.17. The molecule has 0 spiro atoms. The Hall–Kier alpha value is -1.26. The first-order chi connectivity index (χ1) is 9.60. The van der Waals surface area contributed by atoms with Gasteiger partial charge in [0.2, 0.25) is 0 Å². The maximum absolute atomic E-state index is 12.1. The quantitative estimate of drug-likeness (QED) is 0.700. The molecular formula is C15H26N2O3. The molecule has 0 heterocycles. The number of aliphatic carboxylic acids is 1. The van der Waals surface area contributed by atoms with Crippen molar-refractivity contribution in [1.82, 2.24) is 10.6 Å². The molecule has 3 unspecified atom stereocenters. The normalized spacial score (nSPS) is 27.6. The molecule has 3 atom stereocenters. The summed E-state index contributed by atoms with van der Waals surface area (Å²) in [5.41, 5.74) is 0. The molecule has 0 saturated heterocycles. The van der Waals surface area contributed by atoms with Gasteiger partial charge in [0.05, 0.1) is 6.42 Å². The van der Waals surface area contributed by atoms with Gasteiger partial charge in [-0.2, -0.15) is 0 Å². The van der Waals surface area contributed by atoms with Crippen LogP contribution in [0.15, 0.2) is 0 Å². The van der Waals surface area contributed by atoms with Gasteiger partial charge in [0.25, 0.3) is 0 Å². The number of carbonyl (C=O) groups excluding carboxylic acids is 1. The zero-order valence-corrected chi connectivity index (χ0v) is 12.2. The minimum atomic E-state index is -0.841. The minimum absolute atomic E-state index is 0.0277. The fraction of sp³-hybridized carbons (Fsp3) is 0.867. The van der Waals surface area contributed by atoms with E-state index < -0.39 is 5.97 Å². The summed E-state index contributed by atoms with van der Waals surface area (Å²) in [7, 11) is 0. The highest BCUT2D eigenvalue weighted by Gasteiger charge is 2.34. The Morgan fingerprint density at radius 1 is 1.20 bits per heavy atom. The molecule has 3 N–H and O–H groups in total. The van der Waals surface area contributed by atoms with Gasteiger partial charge in [-0.25, -0.2) is 4.79 Å². The first-order valence-electron chi connectivity index (χ1n) is 7.89. The van der Waals surface area contributed by atoms with Gasteiger partial charge in [0.1, 0.15) is 0 Å². The van der Waals surface area contributed by atoms with E-state index in [0.29, 0.717) is 11.8 Å². The van der Waals surface area contributed by atoms with Crippen molar-refractivity contribution in [2.75, 3.05) is 0 Å². The summed E-state index contributed by atoms with van der Waals surface area (Å²) in [5, 5.41) is 14.8. The van der Waals surface area contributed by atoms with Crippen LogP contribution in [-0.2, 0) is 4.79 Å². The number of rotatable bonds is 6. The molecule has 5 nitrogen and oxygen atoms in total. The number of urea groups is 1. The summed E-state index contributed by atoms with van der Waals surface area (Å²) in [5.74, 6) is 0.0739. The molecule has 0 aromatic rings. The SMILES string of the molecule is CCC1CCCCC1NC(=O)NC(CC(=O)O)C1CC1. The van der Waals surface area contributed by atoms with Crippen LogP contribution >= 0.6 is 0 Å². The van der Waals surface area contributed by atoms with Crippen LogP contribution in [0.4, 0.5) is 4.79 Å². The number of hydrogen-bond donors (Lipinski definition) is 3. The molecule has 0 aromatic heterocycles. The Bertz CT molecular complexity index is 355. The lowest BCUT2D eigenvalue weighted by Gasteiger charge is -2.32. The van der Waals surface area contributed by atoms with Crippen LogP contribution in [-0.4, -0.2) is 29.2 Å². The summed E-state index contributed by atoms with van der Waals surface area (Å²) in [6, 6.07) is -0.150. The summed E-state index contributed by atoms with van der Waals surface area (Å²) < 4.78 is 0. The Kier molecular flexibility index (Phi) is 5.26. The van der Waals surface area contributed by atoms with Crippen LogP contribution in [0.1, 0.15) is 58.3 Å². The number of hydrogen-bond acceptors (Lipinski definition) is 2. The first kappa shape index (κ1) is 15.1. The fourth-order valence-corrected chi connectivity index (χ4v) is 3.29. The zero-order chi connectivity index (χ0) is 14.5. The summed E-state index contributed by atoms with van der Waals surface area (Å²) in [4.78, 5) is 22.9. The second-order valence-corrected chi connectivity index (χ2v) is 6.22. The number of nitrogens with one attached hydrogen (secondary N) is 2. The van der Waals surface area contributed by atoms with E-state index in [1.54, 1.807) is 0 Å². The van der Waals surface area contributed by atoms with Crippen molar-refractivity contribution in [3.8, 4) is 0 Å². The van der Waals surface area contributed by atoms with Gasteiger partial charge >= 0.3 is 12.0 Å². The monoisotopic (exact) mass is 282 g/mol. The lowest BCUT2D eigenvalue weighted by Crippen LogP contribution is -2.50. The highest BCUT2D eigenvalue weighted by molar-refractivity contribution is 5.76. The molecule has 2 fully saturated rings. The van der Waals surface area contributed by atoms with Crippen molar-refractivity contribution < 1.29 is 14.7 Å². The van der Waals surface area contributed by atoms with Gasteiger partial charge in [0.15, 0.2) is 0 Å². The Morgan fingerprint density at radius 2 is 1.90 bits per heavy atom. The average molecular weight is 282 g/mol. The molecule has 2 rings (SSSR count). The van der Waals surface area contributed by atoms with E-state index in [9.17, 15) is 9.59 Å². The van der Waals surface area contributed by atoms with Crippen molar-refractivity contribution in [3.05, 3.63) is 0 Å². The minimum Gasteiger partial charge on any atom is -0.481 e. The van der Waals surface area contributed by atoms with Crippen LogP contribution in [0.5, 0.6) is 0 Å². The second kappa shape index (κ2) is 6.95. The van der Waals surface area contributed by atoms with Crippen LogP contribution in [0, 0.1) is 11.8 Å². The van der Waals surface area contributed by atoms with Crippen molar-refractivity contribution in [3.63, 3.8) is 0 Å². The van der Waals surface area contributed by atoms with E-state index in [0.717, 1.165) is 25.7 Å². The summed E-state index contributed by atoms with van der Waals surface area (Å²) in [6.07, 6.45) is 7.82. The standard InChI is InChI=1S/C15H26N2O3/c1-2-10-5-3-4-6-12(10)16-15(20)17-13(9-14(18)19)11-7-8-11/h10-13H,2-9H2,1H3,(H,18,19)(H2,16,17,20). The first-order valence-corrected chi connectivity index (χ1v) is 7.89. The zero-order valence-electron chi connectivity index (χ0n) is 12.2. The van der Waals surface area contributed by atoms with Crippen molar-refractivity contribution in [1.29, 1.82) is 0 Å². The predicted molar refractivity (Wildman–Crippen MR) is 76.5 cm³/mol. The van der Waals surface area contributed by atoms with E-state index in [-0.39, 0.29) is 24.5 Å². The van der Waals surface area contributed by atoms with Crippen LogP contribution in [0.3, 0.4) is 0 Å². The van der Waals surface area contributed by atoms with Crippen molar-refractivity contribution >= 4 is 12.0 Å². The van der Waals surface area contributed by atoms with Crippen LogP contribution in [0.2, 0.25) is 0 Å². The van der Waals surface area contributed by atoms with E-state index in [4.69, 9.17) is 5.11 Å². The Labute approximate surface area is 120 Å². The van der Waals surface area contributed by atoms with Gasteiger partial charge in [-0.1, -0.05) is 26.2 Å². The molecule has 2 aliphatic carbocycles. The molecule has 0 aromatic carbocycles. The third-order valence-electron chi connectivity index (χ3n) is 4.65. The Morgan fingerprint density at radius 3 is 2.50 bits per heavy atom. The molecule has 20 heavy (non-hydrogen) atoms. The molecular weight excluding hydrogens is 256 g/mol. The highest BCUT2D eigenvalue weighted by atomic mass is 16.4. The fourth-order valence-electron chi connectivity index (χ4n) is 3.29. The van der Waals surface area contributed by atoms with E-state index in [1.165, 1.54) is 19.3 Å². The number of carboxylic acids is 1. The topological polar surface area (TPSA) is 78.4 Å². The van der Waals surface area contributed by atoms with Crippen molar-refractivity contribution in [2.24, 2.45) is 11.8 Å². The maximum Gasteiger partial charge on any atom is 0.315 e. The lowest BCUT2D eigenvalue weighted by molar-refractivity contribution is -0.137. The predicted octanol–water partition coefficient (Wildman–Crippen LogP) is 2.51. The van der Waals surface area contributed by atoms with Crippen LogP contribution < -0.4 is 10.6 Å². The van der Waals surface area contributed by atoms with Gasteiger partial charge in [-0.05, 0) is 37.5 Å². The number of carboxylic acid groups (broad SMARTS) is 1. The molecule has 5 heteroatoms. The second-order valence-electron chi connectivity index (χ2n) is 6.22. The maximum atomic E-state index is 12.1. The third-order valence-corrected chi connectivity index (χ3v) is 4.65. The van der Waals surface area contributed by atoms with Gasteiger partial charge in [-0.15, -0.1) is 0 Å². The highest BCUT2D eigenvalue weighted by Crippen LogP contribution is 2.34. The molecule has 2 saturated carbocycles. The number of amides is 2. The molecule has 2 aliphatic rings. The number of carbonyl (C=O) groups is 2.